The maximum Gasteiger partial charge on any atom is 0.269 e. The molecule has 2 N–H and O–H groups in total. The Balaban J connectivity index is 1.97. The highest BCUT2D eigenvalue weighted by Gasteiger charge is 2.05. The van der Waals surface area contributed by atoms with Crippen molar-refractivity contribution < 1.29 is 0 Å². The summed E-state index contributed by atoms with van der Waals surface area (Å²) in [4.78, 5) is 16.2. The molecule has 0 saturated heterocycles. The molecule has 4 nitrogen and oxygen atoms in total. The second-order valence-electron chi connectivity index (χ2n) is 4.69. The fourth-order valence-electron chi connectivity index (χ4n) is 2.34. The lowest BCUT2D eigenvalue weighted by atomic mass is 10.1. The molecule has 0 radical (unpaired) electrons. The van der Waals surface area contributed by atoms with Crippen LogP contribution in [0.4, 0.5) is 5.69 Å². The quantitative estimate of drug-likeness (QED) is 0.739. The molecule has 1 aromatic heterocycles. The van der Waals surface area contributed by atoms with Gasteiger partial charge in [0.1, 0.15) is 0 Å². The molecule has 0 aliphatic carbocycles. The predicted molar refractivity (Wildman–Crippen MR) is 80.6 cm³/mol. The maximum absolute atomic E-state index is 12.0. The van der Waals surface area contributed by atoms with E-state index in [-0.39, 0.29) is 5.56 Å². The molecule has 3 rings (SSSR count). The Hall–Kier alpha value is -2.62. The van der Waals surface area contributed by atoms with Gasteiger partial charge in [-0.3, -0.25) is 4.79 Å². The number of fused-ring (bicyclic) bond motifs is 1. The molecule has 0 bridgehead atoms. The Labute approximate surface area is 116 Å². The van der Waals surface area contributed by atoms with Crippen molar-refractivity contribution in [2.45, 2.75) is 13.0 Å². The molecule has 3 aromatic rings. The zero-order valence-corrected chi connectivity index (χ0v) is 11.0. The first-order chi connectivity index (χ1) is 9.75. The summed E-state index contributed by atoms with van der Waals surface area (Å²) >= 11 is 0. The molecule has 0 fully saturated rings. The van der Waals surface area contributed by atoms with Crippen molar-refractivity contribution in [2.24, 2.45) is 0 Å². The summed E-state index contributed by atoms with van der Waals surface area (Å²) in [5.41, 5.74) is 9.35. The lowest BCUT2D eigenvalue weighted by Gasteiger charge is -2.10. The Morgan fingerprint density at radius 2 is 1.80 bits per heavy atom. The van der Waals surface area contributed by atoms with Crippen LogP contribution in [0.1, 0.15) is 5.56 Å². The molecule has 4 heteroatoms. The minimum atomic E-state index is -0.0850. The number of rotatable bonds is 3. The van der Waals surface area contributed by atoms with E-state index in [9.17, 15) is 4.79 Å². The zero-order valence-electron chi connectivity index (χ0n) is 11.0. The van der Waals surface area contributed by atoms with Gasteiger partial charge in [-0.2, -0.15) is 0 Å². The van der Waals surface area contributed by atoms with Gasteiger partial charge in [0.25, 0.3) is 5.56 Å². The van der Waals surface area contributed by atoms with Crippen LogP contribution in [0.3, 0.4) is 0 Å². The van der Waals surface area contributed by atoms with Gasteiger partial charge in [0.05, 0.1) is 17.2 Å². The number of benzene rings is 2. The van der Waals surface area contributed by atoms with Crippen LogP contribution in [0.2, 0.25) is 0 Å². The van der Waals surface area contributed by atoms with Crippen LogP contribution >= 0.6 is 0 Å². The van der Waals surface area contributed by atoms with Crippen LogP contribution in [0, 0.1) is 0 Å². The van der Waals surface area contributed by atoms with Crippen molar-refractivity contribution in [3.8, 4) is 0 Å². The molecule has 2 aromatic carbocycles. The Bertz CT molecular complexity index is 808. The average molecular weight is 265 g/mol. The number of aryl methyl sites for hydroxylation is 2. The average Bonchev–Trinajstić information content (AvgIpc) is 2.48. The van der Waals surface area contributed by atoms with Gasteiger partial charge < -0.3 is 10.3 Å². The first-order valence-corrected chi connectivity index (χ1v) is 6.53. The second kappa shape index (κ2) is 5.17. The van der Waals surface area contributed by atoms with Gasteiger partial charge in [0.2, 0.25) is 0 Å². The Morgan fingerprint density at radius 3 is 2.65 bits per heavy atom. The third-order valence-corrected chi connectivity index (χ3v) is 3.41. The SMILES string of the molecule is Nc1ccccc1CCn1c(=O)cnc2ccccc21. The van der Waals surface area contributed by atoms with Crippen molar-refractivity contribution >= 4 is 16.7 Å². The molecule has 0 unspecified atom stereocenters. The molecular weight excluding hydrogens is 250 g/mol. The smallest absolute Gasteiger partial charge is 0.269 e. The van der Waals surface area contributed by atoms with Gasteiger partial charge in [-0.15, -0.1) is 0 Å². The van der Waals surface area contributed by atoms with E-state index in [1.807, 2.05) is 48.5 Å². The van der Waals surface area contributed by atoms with Crippen molar-refractivity contribution in [3.05, 3.63) is 70.6 Å². The molecule has 0 aliphatic heterocycles. The number of nitrogens with two attached hydrogens (primary N) is 1. The molecule has 1 heterocycles. The monoisotopic (exact) mass is 265 g/mol. The van der Waals surface area contributed by atoms with Crippen molar-refractivity contribution in [2.75, 3.05) is 5.73 Å². The fraction of sp³-hybridized carbons (Fsp3) is 0.125. The topological polar surface area (TPSA) is 60.9 Å². The van der Waals surface area contributed by atoms with Gasteiger partial charge >= 0.3 is 0 Å². The van der Waals surface area contributed by atoms with Crippen LogP contribution in [-0.2, 0) is 13.0 Å². The highest BCUT2D eigenvalue weighted by molar-refractivity contribution is 5.74. The number of nitrogens with zero attached hydrogens (tertiary/aromatic N) is 2. The van der Waals surface area contributed by atoms with Crippen LogP contribution in [0.15, 0.2) is 59.5 Å². The normalized spacial score (nSPS) is 10.8. The number of para-hydroxylation sites is 3. The van der Waals surface area contributed by atoms with E-state index >= 15 is 0 Å². The minimum absolute atomic E-state index is 0.0850. The van der Waals surface area contributed by atoms with Crippen LogP contribution in [0.5, 0.6) is 0 Å². The van der Waals surface area contributed by atoms with E-state index in [0.29, 0.717) is 6.54 Å². The summed E-state index contributed by atoms with van der Waals surface area (Å²) in [5.74, 6) is 0. The van der Waals surface area contributed by atoms with Crippen LogP contribution in [-0.4, -0.2) is 9.55 Å². The van der Waals surface area contributed by atoms with E-state index in [4.69, 9.17) is 5.73 Å². The Morgan fingerprint density at radius 1 is 1.05 bits per heavy atom. The third-order valence-electron chi connectivity index (χ3n) is 3.41. The van der Waals surface area contributed by atoms with E-state index in [1.165, 1.54) is 6.20 Å². The molecule has 20 heavy (non-hydrogen) atoms. The first kappa shape index (κ1) is 12.4. The fourth-order valence-corrected chi connectivity index (χ4v) is 2.34. The molecule has 0 saturated carbocycles. The lowest BCUT2D eigenvalue weighted by Crippen LogP contribution is -2.21. The summed E-state index contributed by atoms with van der Waals surface area (Å²) in [6.45, 7) is 0.593. The van der Waals surface area contributed by atoms with E-state index < -0.39 is 0 Å². The number of anilines is 1. The van der Waals surface area contributed by atoms with E-state index in [1.54, 1.807) is 4.57 Å². The number of hydrogen-bond acceptors (Lipinski definition) is 3. The molecule has 0 amide bonds. The van der Waals surface area contributed by atoms with Crippen molar-refractivity contribution in [3.63, 3.8) is 0 Å². The Kier molecular flexibility index (Phi) is 3.21. The predicted octanol–water partition coefficient (Wildman–Crippen LogP) is 2.22. The number of nitrogen functional groups attached to an aromatic ring is 1. The van der Waals surface area contributed by atoms with E-state index in [2.05, 4.69) is 4.98 Å². The van der Waals surface area contributed by atoms with Crippen LogP contribution < -0.4 is 11.3 Å². The van der Waals surface area contributed by atoms with Crippen molar-refractivity contribution in [1.29, 1.82) is 0 Å². The summed E-state index contributed by atoms with van der Waals surface area (Å²) in [6, 6.07) is 15.4. The summed E-state index contributed by atoms with van der Waals surface area (Å²) in [7, 11) is 0. The van der Waals surface area contributed by atoms with Gasteiger partial charge in [-0.05, 0) is 30.2 Å². The van der Waals surface area contributed by atoms with Gasteiger partial charge in [-0.25, -0.2) is 4.98 Å². The highest BCUT2D eigenvalue weighted by Crippen LogP contribution is 2.13. The van der Waals surface area contributed by atoms with Gasteiger partial charge in [-0.1, -0.05) is 30.3 Å². The second-order valence-corrected chi connectivity index (χ2v) is 4.69. The van der Waals surface area contributed by atoms with Crippen molar-refractivity contribution in [1.82, 2.24) is 9.55 Å². The molecule has 0 aliphatic rings. The first-order valence-electron chi connectivity index (χ1n) is 6.53. The van der Waals surface area contributed by atoms with Gasteiger partial charge in [0.15, 0.2) is 0 Å². The standard InChI is InChI=1S/C16H15N3O/c17-13-6-2-1-5-12(13)9-10-19-15-8-4-3-7-14(15)18-11-16(19)20/h1-8,11H,9-10,17H2. The highest BCUT2D eigenvalue weighted by atomic mass is 16.1. The summed E-state index contributed by atoms with van der Waals surface area (Å²) < 4.78 is 1.74. The van der Waals surface area contributed by atoms with E-state index in [0.717, 1.165) is 28.7 Å². The maximum atomic E-state index is 12.0. The third kappa shape index (κ3) is 2.28. The number of hydrogen-bond donors (Lipinski definition) is 1. The van der Waals surface area contributed by atoms with Gasteiger partial charge in [0, 0.05) is 12.2 Å². The molecule has 0 spiro atoms. The molecular formula is C16H15N3O. The largest absolute Gasteiger partial charge is 0.399 e. The lowest BCUT2D eigenvalue weighted by molar-refractivity contribution is 0.692. The zero-order chi connectivity index (χ0) is 13.9. The summed E-state index contributed by atoms with van der Waals surface area (Å²) in [5, 5.41) is 0. The minimum Gasteiger partial charge on any atom is -0.399 e. The molecule has 0 atom stereocenters. The van der Waals surface area contributed by atoms with Crippen LogP contribution in [0.25, 0.3) is 11.0 Å². The molecule has 100 valence electrons. The number of aromatic nitrogens is 2. The summed E-state index contributed by atoms with van der Waals surface area (Å²) in [6.07, 6.45) is 2.09.